The van der Waals surface area contributed by atoms with Crippen LogP contribution < -0.4 is 4.74 Å². The van der Waals surface area contributed by atoms with Gasteiger partial charge in [-0.05, 0) is 60.2 Å². The Hall–Kier alpha value is -3.28. The Morgan fingerprint density at radius 1 is 1.12 bits per heavy atom. The molecule has 2 aromatic carbocycles. The Morgan fingerprint density at radius 3 is 2.67 bits per heavy atom. The Bertz CT molecular complexity index is 1180. The van der Waals surface area contributed by atoms with Gasteiger partial charge < -0.3 is 18.9 Å². The number of hydrogen-bond donors (Lipinski definition) is 0. The van der Waals surface area contributed by atoms with E-state index in [1.807, 2.05) is 18.0 Å². The number of nitrogens with zero attached hydrogens (tertiary/aromatic N) is 2. The lowest BCUT2D eigenvalue weighted by atomic mass is 9.95. The maximum Gasteiger partial charge on any atom is 0.337 e. The highest BCUT2D eigenvalue weighted by Crippen LogP contribution is 2.30. The third kappa shape index (κ3) is 4.61. The van der Waals surface area contributed by atoms with Crippen molar-refractivity contribution in [2.24, 2.45) is 13.0 Å². The number of aryl methyl sites for hydroxylation is 1. The average Bonchev–Trinajstić information content (AvgIpc) is 3.32. The molecule has 33 heavy (non-hydrogen) atoms. The molecular weight excluding hydrogens is 416 g/mol. The van der Waals surface area contributed by atoms with Gasteiger partial charge in [0.2, 0.25) is 5.91 Å². The van der Waals surface area contributed by atoms with Crippen LogP contribution in [0.15, 0.2) is 42.6 Å². The number of hydrogen-bond acceptors (Lipinski definition) is 4. The summed E-state index contributed by atoms with van der Waals surface area (Å²) in [6, 6.07) is 11.9. The summed E-state index contributed by atoms with van der Waals surface area (Å²) >= 11 is 0. The number of ether oxygens (including phenoxy) is 2. The fourth-order valence-electron chi connectivity index (χ4n) is 4.90. The second kappa shape index (κ2) is 9.69. The molecule has 0 aliphatic carbocycles. The van der Waals surface area contributed by atoms with Gasteiger partial charge in [-0.15, -0.1) is 0 Å². The normalized spacial score (nSPS) is 15.9. The van der Waals surface area contributed by atoms with Crippen molar-refractivity contribution in [3.8, 4) is 5.75 Å². The topological polar surface area (TPSA) is 60.8 Å². The molecule has 6 nitrogen and oxygen atoms in total. The summed E-state index contributed by atoms with van der Waals surface area (Å²) in [6.07, 6.45) is 5.54. The molecule has 4 rings (SSSR count). The SMILES string of the molecule is CCCN1CCC(Cc2ccc3c(c2)c(Cc2ccc(C(=O)OC)cc2OC)cn3C)C1=O. The van der Waals surface area contributed by atoms with E-state index in [4.69, 9.17) is 9.47 Å². The van der Waals surface area contributed by atoms with E-state index in [2.05, 4.69) is 35.9 Å². The molecule has 3 aromatic rings. The molecule has 0 bridgehead atoms. The van der Waals surface area contributed by atoms with Crippen molar-refractivity contribution in [3.05, 3.63) is 64.8 Å². The van der Waals surface area contributed by atoms with E-state index in [1.54, 1.807) is 19.2 Å². The number of esters is 1. The number of amides is 1. The van der Waals surface area contributed by atoms with Gasteiger partial charge in [0, 0.05) is 49.6 Å². The van der Waals surface area contributed by atoms with Crippen LogP contribution in [0.2, 0.25) is 0 Å². The van der Waals surface area contributed by atoms with Gasteiger partial charge in [-0.1, -0.05) is 19.1 Å². The predicted molar refractivity (Wildman–Crippen MR) is 129 cm³/mol. The van der Waals surface area contributed by atoms with Crippen LogP contribution in [0.25, 0.3) is 10.9 Å². The summed E-state index contributed by atoms with van der Waals surface area (Å²) < 4.78 is 12.5. The number of likely N-dealkylation sites (tertiary alicyclic amines) is 1. The van der Waals surface area contributed by atoms with Crippen LogP contribution in [0, 0.1) is 5.92 Å². The third-order valence-corrected chi connectivity index (χ3v) is 6.61. The molecule has 1 amide bonds. The first-order valence-electron chi connectivity index (χ1n) is 11.6. The monoisotopic (exact) mass is 448 g/mol. The zero-order valence-corrected chi connectivity index (χ0v) is 19.9. The van der Waals surface area contributed by atoms with E-state index in [1.165, 1.54) is 23.6 Å². The molecule has 1 atom stereocenters. The number of carbonyl (C=O) groups is 2. The molecule has 0 spiro atoms. The van der Waals surface area contributed by atoms with E-state index in [0.29, 0.717) is 23.6 Å². The smallest absolute Gasteiger partial charge is 0.337 e. The minimum atomic E-state index is -0.381. The van der Waals surface area contributed by atoms with E-state index < -0.39 is 0 Å². The molecule has 1 saturated heterocycles. The summed E-state index contributed by atoms with van der Waals surface area (Å²) in [5, 5.41) is 1.19. The van der Waals surface area contributed by atoms with Crippen molar-refractivity contribution >= 4 is 22.8 Å². The van der Waals surface area contributed by atoms with Gasteiger partial charge in [0.25, 0.3) is 0 Å². The fraction of sp³-hybridized carbons (Fsp3) is 0.407. The van der Waals surface area contributed by atoms with Crippen LogP contribution in [-0.4, -0.2) is 48.7 Å². The molecule has 1 aromatic heterocycles. The quantitative estimate of drug-likeness (QED) is 0.480. The summed E-state index contributed by atoms with van der Waals surface area (Å²) in [6.45, 7) is 3.84. The van der Waals surface area contributed by atoms with E-state index >= 15 is 0 Å². The van der Waals surface area contributed by atoms with Crippen molar-refractivity contribution in [3.63, 3.8) is 0 Å². The van der Waals surface area contributed by atoms with Gasteiger partial charge in [0.1, 0.15) is 5.75 Å². The summed E-state index contributed by atoms with van der Waals surface area (Å²) in [5.74, 6) is 0.653. The van der Waals surface area contributed by atoms with Crippen LogP contribution in [0.1, 0.15) is 46.8 Å². The predicted octanol–water partition coefficient (Wildman–Crippen LogP) is 4.37. The van der Waals surface area contributed by atoms with Crippen LogP contribution >= 0.6 is 0 Å². The number of carbonyl (C=O) groups excluding carboxylic acids is 2. The standard InChI is InChI=1S/C27H32N2O4/c1-5-11-29-12-10-20(26(29)30)13-18-6-9-24-23(14-18)22(17-28(24)2)15-19-7-8-21(27(31)33-4)16-25(19)32-3/h6-9,14,16-17,20H,5,10-13,15H2,1-4H3. The Labute approximate surface area is 195 Å². The molecule has 2 heterocycles. The lowest BCUT2D eigenvalue weighted by molar-refractivity contribution is -0.130. The number of methoxy groups -OCH3 is 2. The number of fused-ring (bicyclic) bond motifs is 1. The van der Waals surface area contributed by atoms with E-state index in [-0.39, 0.29) is 11.9 Å². The molecular formula is C27H32N2O4. The maximum atomic E-state index is 12.7. The molecule has 0 radical (unpaired) electrons. The largest absolute Gasteiger partial charge is 0.496 e. The molecule has 1 aliphatic heterocycles. The van der Waals surface area contributed by atoms with Crippen molar-refractivity contribution in [1.29, 1.82) is 0 Å². The third-order valence-electron chi connectivity index (χ3n) is 6.61. The minimum Gasteiger partial charge on any atom is -0.496 e. The van der Waals surface area contributed by atoms with Crippen LogP contribution in [0.4, 0.5) is 0 Å². The van der Waals surface area contributed by atoms with Gasteiger partial charge in [0.15, 0.2) is 0 Å². The van der Waals surface area contributed by atoms with Crippen molar-refractivity contribution in [1.82, 2.24) is 9.47 Å². The van der Waals surface area contributed by atoms with Crippen LogP contribution in [0.3, 0.4) is 0 Å². The summed E-state index contributed by atoms with van der Waals surface area (Å²) in [7, 11) is 5.03. The first kappa shape index (κ1) is 22.9. The van der Waals surface area contributed by atoms with Crippen molar-refractivity contribution in [2.75, 3.05) is 27.3 Å². The van der Waals surface area contributed by atoms with Gasteiger partial charge in [0.05, 0.1) is 19.8 Å². The van der Waals surface area contributed by atoms with Crippen LogP contribution in [-0.2, 0) is 29.4 Å². The van der Waals surface area contributed by atoms with Gasteiger partial charge in [-0.2, -0.15) is 0 Å². The maximum absolute atomic E-state index is 12.7. The highest BCUT2D eigenvalue weighted by Gasteiger charge is 2.30. The lowest BCUT2D eigenvalue weighted by Gasteiger charge is -2.15. The Morgan fingerprint density at radius 2 is 1.94 bits per heavy atom. The Kier molecular flexibility index (Phi) is 6.72. The van der Waals surface area contributed by atoms with Gasteiger partial charge in [-0.25, -0.2) is 4.79 Å². The van der Waals surface area contributed by atoms with E-state index in [0.717, 1.165) is 43.4 Å². The molecule has 1 fully saturated rings. The first-order chi connectivity index (χ1) is 15.9. The molecule has 174 valence electrons. The molecule has 0 saturated carbocycles. The fourth-order valence-corrected chi connectivity index (χ4v) is 4.90. The molecule has 1 unspecified atom stereocenters. The highest BCUT2D eigenvalue weighted by atomic mass is 16.5. The second-order valence-corrected chi connectivity index (χ2v) is 8.83. The highest BCUT2D eigenvalue weighted by molar-refractivity contribution is 5.90. The van der Waals surface area contributed by atoms with Crippen LogP contribution in [0.5, 0.6) is 5.75 Å². The summed E-state index contributed by atoms with van der Waals surface area (Å²) in [4.78, 5) is 26.6. The van der Waals surface area contributed by atoms with E-state index in [9.17, 15) is 9.59 Å². The molecule has 0 N–H and O–H groups in total. The van der Waals surface area contributed by atoms with Crippen molar-refractivity contribution < 1.29 is 19.1 Å². The minimum absolute atomic E-state index is 0.0760. The Balaban J connectivity index is 1.60. The number of benzene rings is 2. The zero-order valence-electron chi connectivity index (χ0n) is 19.9. The molecule has 6 heteroatoms. The number of rotatable bonds is 8. The van der Waals surface area contributed by atoms with Gasteiger partial charge in [-0.3, -0.25) is 4.79 Å². The van der Waals surface area contributed by atoms with Crippen molar-refractivity contribution in [2.45, 2.75) is 32.6 Å². The number of aromatic nitrogens is 1. The zero-order chi connectivity index (χ0) is 23.5. The van der Waals surface area contributed by atoms with Gasteiger partial charge >= 0.3 is 5.97 Å². The molecule has 1 aliphatic rings. The lowest BCUT2D eigenvalue weighted by Crippen LogP contribution is -2.28. The summed E-state index contributed by atoms with van der Waals surface area (Å²) in [5.41, 5.74) is 5.01. The first-order valence-corrected chi connectivity index (χ1v) is 11.6. The average molecular weight is 449 g/mol. The second-order valence-electron chi connectivity index (χ2n) is 8.83.